The number of carbonyl (C=O) groups is 4. The van der Waals surface area contributed by atoms with Crippen molar-refractivity contribution in [3.63, 3.8) is 0 Å². The van der Waals surface area contributed by atoms with E-state index in [2.05, 4.69) is 21.3 Å². The number of imidazole rings is 1. The third-order valence-corrected chi connectivity index (χ3v) is 6.54. The van der Waals surface area contributed by atoms with Crippen LogP contribution in [0.4, 0.5) is 10.6 Å². The van der Waals surface area contributed by atoms with Gasteiger partial charge in [-0.1, -0.05) is 24.6 Å². The van der Waals surface area contributed by atoms with Gasteiger partial charge in [0.25, 0.3) is 0 Å². The number of unbranched alkanes of at least 4 members (excludes halogenated alkanes) is 2. The summed E-state index contributed by atoms with van der Waals surface area (Å²) in [6.45, 7) is 11.4. The lowest BCUT2D eigenvalue weighted by Gasteiger charge is -2.20. The number of pyridine rings is 1. The number of carbonyl (C=O) groups excluding carboxylic acids is 4. The Morgan fingerprint density at radius 2 is 1.59 bits per heavy atom. The summed E-state index contributed by atoms with van der Waals surface area (Å²) in [5.41, 5.74) is 0.293. The van der Waals surface area contributed by atoms with Crippen LogP contribution in [-0.4, -0.2) is 80.9 Å². The molecule has 0 atom stereocenters. The zero-order chi connectivity index (χ0) is 33.9. The second-order valence-electron chi connectivity index (χ2n) is 12.6. The number of ether oxygens (including phenoxy) is 2. The number of nitrogens with zero attached hydrogens (tertiary/aromatic N) is 3. The lowest BCUT2D eigenvalue weighted by atomic mass is 10.1. The SMILES string of the molecule is CCOCc1nc2c(NC(=O)CCCCCNC(=O)CNC(=O)CNC(=O)OC(C)(C)C)nc3ccccc3c2n1CC(C)(C)O. The summed E-state index contributed by atoms with van der Waals surface area (Å²) in [6, 6.07) is 7.60. The molecule has 0 saturated carbocycles. The lowest BCUT2D eigenvalue weighted by Crippen LogP contribution is -2.43. The molecule has 1 aromatic carbocycles. The van der Waals surface area contributed by atoms with Crippen LogP contribution in [0.1, 0.15) is 73.1 Å². The van der Waals surface area contributed by atoms with E-state index in [0.29, 0.717) is 55.1 Å². The number of alkyl carbamates (subject to hydrolysis) is 1. The molecular formula is C32H47N7O7. The van der Waals surface area contributed by atoms with Gasteiger partial charge in [0, 0.05) is 25.0 Å². The van der Waals surface area contributed by atoms with Gasteiger partial charge in [-0.3, -0.25) is 14.4 Å². The molecule has 0 spiro atoms. The maximum atomic E-state index is 12.9. The Morgan fingerprint density at radius 1 is 0.891 bits per heavy atom. The van der Waals surface area contributed by atoms with Crippen molar-refractivity contribution in [1.29, 1.82) is 0 Å². The molecule has 4 amide bonds. The Kier molecular flexibility index (Phi) is 12.8. The molecular weight excluding hydrogens is 594 g/mol. The summed E-state index contributed by atoms with van der Waals surface area (Å²) >= 11 is 0. The van der Waals surface area contributed by atoms with Crippen LogP contribution < -0.4 is 21.3 Å². The van der Waals surface area contributed by atoms with Gasteiger partial charge in [0.2, 0.25) is 17.7 Å². The number of nitrogens with one attached hydrogen (secondary N) is 4. The Balaban J connectivity index is 1.49. The Hall–Kier alpha value is -4.30. The molecule has 0 aliphatic rings. The van der Waals surface area contributed by atoms with Crippen LogP contribution in [0.5, 0.6) is 0 Å². The topological polar surface area (TPSA) is 186 Å². The number of rotatable bonds is 16. The molecule has 3 rings (SSSR count). The van der Waals surface area contributed by atoms with Crippen LogP contribution in [-0.2, 0) is 37.0 Å². The number of fused-ring (bicyclic) bond motifs is 3. The zero-order valence-electron chi connectivity index (χ0n) is 27.6. The molecule has 46 heavy (non-hydrogen) atoms. The zero-order valence-corrected chi connectivity index (χ0v) is 27.6. The highest BCUT2D eigenvalue weighted by Gasteiger charge is 2.24. The quantitative estimate of drug-likeness (QED) is 0.147. The molecule has 0 saturated heterocycles. The van der Waals surface area contributed by atoms with Gasteiger partial charge in [0.05, 0.1) is 29.7 Å². The minimum absolute atomic E-state index is 0.209. The molecule has 0 aliphatic carbocycles. The number of aromatic nitrogens is 3. The molecule has 14 heteroatoms. The number of para-hydroxylation sites is 1. The van der Waals surface area contributed by atoms with E-state index in [-0.39, 0.29) is 44.5 Å². The molecule has 2 aromatic heterocycles. The fourth-order valence-electron chi connectivity index (χ4n) is 4.61. The summed E-state index contributed by atoms with van der Waals surface area (Å²) in [5.74, 6) is -0.102. The first kappa shape index (κ1) is 36.2. The largest absolute Gasteiger partial charge is 0.444 e. The van der Waals surface area contributed by atoms with Gasteiger partial charge in [-0.2, -0.15) is 0 Å². The molecule has 0 bridgehead atoms. The standard InChI is InChI=1S/C32H47N7O7/c1-7-45-19-23-37-27-28(39(23)20-32(5,6)44)21-13-10-11-14-22(21)36-29(27)38-24(40)15-9-8-12-16-33-25(41)17-34-26(42)18-35-30(43)46-31(2,3)4/h10-11,13-14,44H,7-9,12,15-20H2,1-6H3,(H,33,41)(H,34,42)(H,35,43)(H,36,38,40). The van der Waals surface area contributed by atoms with Crippen LogP contribution in [0.2, 0.25) is 0 Å². The first-order valence-corrected chi connectivity index (χ1v) is 15.5. The predicted octanol–water partition coefficient (Wildman–Crippen LogP) is 3.15. The minimum atomic E-state index is -1.02. The van der Waals surface area contributed by atoms with Crippen LogP contribution >= 0.6 is 0 Å². The second-order valence-corrected chi connectivity index (χ2v) is 12.6. The average molecular weight is 642 g/mol. The summed E-state index contributed by atoms with van der Waals surface area (Å²) in [4.78, 5) is 57.9. The maximum absolute atomic E-state index is 12.9. The van der Waals surface area contributed by atoms with Crippen molar-refractivity contribution in [2.45, 2.75) is 91.6 Å². The Morgan fingerprint density at radius 3 is 2.28 bits per heavy atom. The van der Waals surface area contributed by atoms with Crippen molar-refractivity contribution in [2.24, 2.45) is 0 Å². The van der Waals surface area contributed by atoms with Crippen molar-refractivity contribution in [3.8, 4) is 0 Å². The van der Waals surface area contributed by atoms with Gasteiger partial charge in [0.1, 0.15) is 30.1 Å². The second kappa shape index (κ2) is 16.3. The molecule has 0 radical (unpaired) electrons. The van der Waals surface area contributed by atoms with Crippen molar-refractivity contribution in [1.82, 2.24) is 30.5 Å². The van der Waals surface area contributed by atoms with Crippen molar-refractivity contribution in [2.75, 3.05) is 31.6 Å². The van der Waals surface area contributed by atoms with Crippen LogP contribution in [0.15, 0.2) is 24.3 Å². The highest BCUT2D eigenvalue weighted by Crippen LogP contribution is 2.31. The third-order valence-electron chi connectivity index (χ3n) is 6.54. The van der Waals surface area contributed by atoms with E-state index in [1.54, 1.807) is 34.6 Å². The lowest BCUT2D eigenvalue weighted by molar-refractivity contribution is -0.125. The summed E-state index contributed by atoms with van der Waals surface area (Å²) in [5, 5.41) is 21.9. The van der Waals surface area contributed by atoms with E-state index in [9.17, 15) is 24.3 Å². The fourth-order valence-corrected chi connectivity index (χ4v) is 4.61. The first-order valence-electron chi connectivity index (χ1n) is 15.5. The molecule has 2 heterocycles. The van der Waals surface area contributed by atoms with Gasteiger partial charge in [0.15, 0.2) is 5.82 Å². The smallest absolute Gasteiger partial charge is 0.408 e. The van der Waals surface area contributed by atoms with Gasteiger partial charge < -0.3 is 40.4 Å². The summed E-state index contributed by atoms with van der Waals surface area (Å²) in [6.07, 6.45) is 1.47. The van der Waals surface area contributed by atoms with E-state index in [4.69, 9.17) is 19.4 Å². The Bertz CT molecular complexity index is 1520. The number of hydrogen-bond donors (Lipinski definition) is 5. The Labute approximate surface area is 269 Å². The predicted molar refractivity (Wildman–Crippen MR) is 174 cm³/mol. The number of hydrogen-bond acceptors (Lipinski definition) is 9. The molecule has 3 aromatic rings. The minimum Gasteiger partial charge on any atom is -0.444 e. The highest BCUT2D eigenvalue weighted by atomic mass is 16.6. The van der Waals surface area contributed by atoms with E-state index >= 15 is 0 Å². The summed E-state index contributed by atoms with van der Waals surface area (Å²) in [7, 11) is 0. The van der Waals surface area contributed by atoms with Crippen LogP contribution in [0.25, 0.3) is 21.9 Å². The van der Waals surface area contributed by atoms with E-state index in [0.717, 1.165) is 10.9 Å². The van der Waals surface area contributed by atoms with Crippen molar-refractivity contribution < 1.29 is 33.8 Å². The molecule has 5 N–H and O–H groups in total. The molecule has 0 unspecified atom stereocenters. The number of amides is 4. The summed E-state index contributed by atoms with van der Waals surface area (Å²) < 4.78 is 12.6. The van der Waals surface area contributed by atoms with Gasteiger partial charge in [-0.25, -0.2) is 14.8 Å². The van der Waals surface area contributed by atoms with Crippen LogP contribution in [0, 0.1) is 0 Å². The highest BCUT2D eigenvalue weighted by molar-refractivity contribution is 6.09. The van der Waals surface area contributed by atoms with Crippen molar-refractivity contribution >= 4 is 51.6 Å². The maximum Gasteiger partial charge on any atom is 0.408 e. The van der Waals surface area contributed by atoms with Gasteiger partial charge in [-0.05, 0) is 60.5 Å². The number of benzene rings is 1. The number of aliphatic hydroxyl groups is 1. The number of anilines is 1. The van der Waals surface area contributed by atoms with Crippen LogP contribution in [0.3, 0.4) is 0 Å². The molecule has 0 aliphatic heterocycles. The first-order chi connectivity index (χ1) is 21.7. The molecule has 14 nitrogen and oxygen atoms in total. The molecule has 0 fully saturated rings. The van der Waals surface area contributed by atoms with E-state index < -0.39 is 23.2 Å². The molecule has 252 valence electrons. The average Bonchev–Trinajstić information content (AvgIpc) is 3.31. The van der Waals surface area contributed by atoms with E-state index in [1.807, 2.05) is 35.8 Å². The third kappa shape index (κ3) is 11.6. The fraction of sp³-hybridized carbons (Fsp3) is 0.562. The van der Waals surface area contributed by atoms with Crippen molar-refractivity contribution in [3.05, 3.63) is 30.1 Å². The van der Waals surface area contributed by atoms with Gasteiger partial charge >= 0.3 is 6.09 Å². The normalized spacial score (nSPS) is 11.8. The van der Waals surface area contributed by atoms with Gasteiger partial charge in [-0.15, -0.1) is 0 Å². The van der Waals surface area contributed by atoms with E-state index in [1.165, 1.54) is 0 Å². The monoisotopic (exact) mass is 641 g/mol.